The van der Waals surface area contributed by atoms with E-state index in [2.05, 4.69) is 26.1 Å². The lowest BCUT2D eigenvalue weighted by Crippen LogP contribution is -2.37. The normalized spacial score (nSPS) is 21.4. The van der Waals surface area contributed by atoms with Crippen LogP contribution in [-0.2, 0) is 0 Å². The first kappa shape index (κ1) is 15.0. The molecule has 2 atom stereocenters. The third kappa shape index (κ3) is 5.90. The van der Waals surface area contributed by atoms with Gasteiger partial charge in [0.1, 0.15) is 0 Å². The Morgan fingerprint density at radius 3 is 2.41 bits per heavy atom. The van der Waals surface area contributed by atoms with Crippen molar-refractivity contribution in [2.75, 3.05) is 6.54 Å². The highest BCUT2D eigenvalue weighted by Crippen LogP contribution is 2.26. The van der Waals surface area contributed by atoms with Gasteiger partial charge in [-0.2, -0.15) is 0 Å². The minimum Gasteiger partial charge on any atom is -0.314 e. The van der Waals surface area contributed by atoms with E-state index < -0.39 is 0 Å². The molecule has 0 heterocycles. The molecule has 1 N–H and O–H groups in total. The van der Waals surface area contributed by atoms with Gasteiger partial charge in [0.2, 0.25) is 0 Å². The molecule has 1 nitrogen and oxygen atoms in total. The molecule has 0 aromatic heterocycles. The predicted molar refractivity (Wildman–Crippen MR) is 77.3 cm³/mol. The minimum atomic E-state index is 0.742. The molecule has 102 valence electrons. The second-order valence-electron chi connectivity index (χ2n) is 6.01. The predicted octanol–water partition coefficient (Wildman–Crippen LogP) is 4.76. The topological polar surface area (TPSA) is 12.0 Å². The van der Waals surface area contributed by atoms with Crippen LogP contribution in [0.4, 0.5) is 0 Å². The Morgan fingerprint density at radius 1 is 1.12 bits per heavy atom. The maximum absolute atomic E-state index is 3.81. The molecule has 1 saturated carbocycles. The molecule has 1 unspecified atom stereocenters. The molecular weight excluding hydrogens is 206 g/mol. The fourth-order valence-electron chi connectivity index (χ4n) is 3.10. The Morgan fingerprint density at radius 2 is 1.82 bits per heavy atom. The second kappa shape index (κ2) is 8.97. The van der Waals surface area contributed by atoms with Crippen LogP contribution in [0, 0.1) is 11.8 Å². The number of hydrogen-bond acceptors (Lipinski definition) is 1. The van der Waals surface area contributed by atoms with Gasteiger partial charge < -0.3 is 5.32 Å². The van der Waals surface area contributed by atoms with Crippen molar-refractivity contribution in [3.05, 3.63) is 0 Å². The van der Waals surface area contributed by atoms with E-state index in [1.165, 1.54) is 64.3 Å². The van der Waals surface area contributed by atoms with E-state index in [-0.39, 0.29) is 0 Å². The number of unbranched alkanes of at least 4 members (excludes halogenated alkanes) is 1. The lowest BCUT2D eigenvalue weighted by atomic mass is 9.84. The smallest absolute Gasteiger partial charge is 0.00671 e. The maximum Gasteiger partial charge on any atom is 0.00671 e. The fraction of sp³-hybridized carbons (Fsp3) is 1.00. The third-order valence-corrected chi connectivity index (χ3v) is 4.63. The van der Waals surface area contributed by atoms with Gasteiger partial charge in [-0.25, -0.2) is 0 Å². The molecule has 0 aromatic carbocycles. The average molecular weight is 239 g/mol. The van der Waals surface area contributed by atoms with Crippen molar-refractivity contribution in [3.8, 4) is 0 Å². The second-order valence-corrected chi connectivity index (χ2v) is 6.01. The van der Waals surface area contributed by atoms with Crippen LogP contribution in [0.5, 0.6) is 0 Å². The van der Waals surface area contributed by atoms with Crippen molar-refractivity contribution >= 4 is 0 Å². The van der Waals surface area contributed by atoms with Crippen molar-refractivity contribution in [3.63, 3.8) is 0 Å². The van der Waals surface area contributed by atoms with Crippen LogP contribution in [0.1, 0.15) is 78.6 Å². The summed E-state index contributed by atoms with van der Waals surface area (Å²) in [6.07, 6.45) is 12.8. The van der Waals surface area contributed by atoms with Crippen molar-refractivity contribution < 1.29 is 0 Å². The summed E-state index contributed by atoms with van der Waals surface area (Å²) >= 11 is 0. The summed E-state index contributed by atoms with van der Waals surface area (Å²) in [6, 6.07) is 0.742. The average Bonchev–Trinajstić information content (AvgIpc) is 2.39. The summed E-state index contributed by atoms with van der Waals surface area (Å²) in [6.45, 7) is 8.29. The van der Waals surface area contributed by atoms with Gasteiger partial charge in [-0.1, -0.05) is 52.4 Å². The van der Waals surface area contributed by atoms with Crippen LogP contribution >= 0.6 is 0 Å². The zero-order valence-electron chi connectivity index (χ0n) is 12.3. The van der Waals surface area contributed by atoms with Crippen LogP contribution in [0.2, 0.25) is 0 Å². The summed E-state index contributed by atoms with van der Waals surface area (Å²) in [5.74, 6) is 1.86. The van der Waals surface area contributed by atoms with Crippen molar-refractivity contribution in [1.82, 2.24) is 5.32 Å². The Labute approximate surface area is 109 Å². The molecule has 17 heavy (non-hydrogen) atoms. The molecule has 0 radical (unpaired) electrons. The van der Waals surface area contributed by atoms with Gasteiger partial charge in [-0.3, -0.25) is 0 Å². The van der Waals surface area contributed by atoms with Crippen molar-refractivity contribution in [2.24, 2.45) is 11.8 Å². The first-order valence-corrected chi connectivity index (χ1v) is 8.01. The first-order valence-electron chi connectivity index (χ1n) is 8.01. The summed E-state index contributed by atoms with van der Waals surface area (Å²) < 4.78 is 0. The molecule has 1 rings (SSSR count). The van der Waals surface area contributed by atoms with Crippen LogP contribution < -0.4 is 5.32 Å². The van der Waals surface area contributed by atoms with Gasteiger partial charge in [0.25, 0.3) is 0 Å². The Hall–Kier alpha value is -0.0400. The molecule has 0 bridgehead atoms. The molecule has 1 heteroatoms. The molecule has 1 aliphatic rings. The minimum absolute atomic E-state index is 0.742. The SMILES string of the molecule is CCCCC(CC)CN[C@@H](C)C1CCCCC1. The summed E-state index contributed by atoms with van der Waals surface area (Å²) in [5, 5.41) is 3.81. The van der Waals surface area contributed by atoms with Gasteiger partial charge in [0.15, 0.2) is 0 Å². The molecule has 1 aliphatic carbocycles. The fourth-order valence-corrected chi connectivity index (χ4v) is 3.10. The van der Waals surface area contributed by atoms with Gasteiger partial charge >= 0.3 is 0 Å². The van der Waals surface area contributed by atoms with Gasteiger partial charge in [-0.05, 0) is 44.6 Å². The molecule has 0 aliphatic heterocycles. The quantitative estimate of drug-likeness (QED) is 0.644. The lowest BCUT2D eigenvalue weighted by molar-refractivity contribution is 0.267. The first-order chi connectivity index (χ1) is 8.27. The van der Waals surface area contributed by atoms with Crippen LogP contribution in [-0.4, -0.2) is 12.6 Å². The summed E-state index contributed by atoms with van der Waals surface area (Å²) in [7, 11) is 0. The maximum atomic E-state index is 3.81. The monoisotopic (exact) mass is 239 g/mol. The molecule has 0 saturated heterocycles. The van der Waals surface area contributed by atoms with Crippen LogP contribution in [0.3, 0.4) is 0 Å². The molecule has 1 fully saturated rings. The van der Waals surface area contributed by atoms with E-state index >= 15 is 0 Å². The summed E-state index contributed by atoms with van der Waals surface area (Å²) in [4.78, 5) is 0. The van der Waals surface area contributed by atoms with Crippen molar-refractivity contribution in [1.29, 1.82) is 0 Å². The van der Waals surface area contributed by atoms with E-state index in [1.807, 2.05) is 0 Å². The van der Waals surface area contributed by atoms with Crippen LogP contribution in [0.15, 0.2) is 0 Å². The highest BCUT2D eigenvalue weighted by atomic mass is 14.9. The molecular formula is C16H33N. The Balaban J connectivity index is 2.17. The van der Waals surface area contributed by atoms with Gasteiger partial charge in [0.05, 0.1) is 0 Å². The standard InChI is InChI=1S/C16H33N/c1-4-6-10-15(5-2)13-17-14(3)16-11-8-7-9-12-16/h14-17H,4-13H2,1-3H3/t14-,15?/m0/s1. The van der Waals surface area contributed by atoms with Gasteiger partial charge in [-0.15, -0.1) is 0 Å². The van der Waals surface area contributed by atoms with E-state index in [1.54, 1.807) is 0 Å². The molecule has 0 amide bonds. The van der Waals surface area contributed by atoms with E-state index in [9.17, 15) is 0 Å². The lowest BCUT2D eigenvalue weighted by Gasteiger charge is -2.29. The Kier molecular flexibility index (Phi) is 7.92. The Bertz CT molecular complexity index is 172. The zero-order valence-corrected chi connectivity index (χ0v) is 12.3. The third-order valence-electron chi connectivity index (χ3n) is 4.63. The highest BCUT2D eigenvalue weighted by Gasteiger charge is 2.20. The zero-order chi connectivity index (χ0) is 12.5. The summed E-state index contributed by atoms with van der Waals surface area (Å²) in [5.41, 5.74) is 0. The van der Waals surface area contributed by atoms with E-state index in [0.717, 1.165) is 17.9 Å². The van der Waals surface area contributed by atoms with Crippen molar-refractivity contribution in [2.45, 2.75) is 84.6 Å². The number of nitrogens with one attached hydrogen (secondary N) is 1. The number of hydrogen-bond donors (Lipinski definition) is 1. The largest absolute Gasteiger partial charge is 0.314 e. The molecule has 0 aromatic rings. The van der Waals surface area contributed by atoms with Gasteiger partial charge in [0, 0.05) is 6.04 Å². The van der Waals surface area contributed by atoms with Crippen LogP contribution in [0.25, 0.3) is 0 Å². The number of rotatable bonds is 8. The van der Waals surface area contributed by atoms with E-state index in [0.29, 0.717) is 0 Å². The molecule has 0 spiro atoms. The highest BCUT2D eigenvalue weighted by molar-refractivity contribution is 4.76. The van der Waals surface area contributed by atoms with E-state index in [4.69, 9.17) is 0 Å².